The number of aryl methyl sites for hydroxylation is 2. The third-order valence-corrected chi connectivity index (χ3v) is 3.71. The lowest BCUT2D eigenvalue weighted by molar-refractivity contribution is 0.251. The number of amides is 2. The molecule has 0 heterocycles. The minimum Gasteiger partial charge on any atom is -0.370 e. The van der Waals surface area contributed by atoms with Crippen molar-refractivity contribution in [3.8, 4) is 0 Å². The molecule has 0 atom stereocenters. The summed E-state index contributed by atoms with van der Waals surface area (Å²) in [5.74, 6) is 0.206. The molecule has 1 aliphatic carbocycles. The first-order valence-corrected chi connectivity index (χ1v) is 6.93. The second-order valence-electron chi connectivity index (χ2n) is 5.33. The number of nitrogens with two attached hydrogens (primary N) is 1. The number of nitrogens with one attached hydrogen (secondary N) is 1. The lowest BCUT2D eigenvalue weighted by Crippen LogP contribution is -2.45. The fourth-order valence-electron chi connectivity index (χ4n) is 2.37. The van der Waals surface area contributed by atoms with Gasteiger partial charge in [0, 0.05) is 7.05 Å². The Bertz CT molecular complexity index is 514. The van der Waals surface area contributed by atoms with Crippen molar-refractivity contribution in [1.82, 2.24) is 5.32 Å². The molecule has 3 N–H and O–H groups in total. The van der Waals surface area contributed by atoms with Crippen molar-refractivity contribution in [2.45, 2.75) is 39.2 Å². The van der Waals surface area contributed by atoms with E-state index in [4.69, 9.17) is 5.73 Å². The zero-order valence-electron chi connectivity index (χ0n) is 12.3. The molecule has 108 valence electrons. The molecule has 0 aromatic heterocycles. The molecular formula is C15H22N4O. The van der Waals surface area contributed by atoms with Gasteiger partial charge in [-0.1, -0.05) is 18.2 Å². The van der Waals surface area contributed by atoms with E-state index in [1.54, 1.807) is 11.9 Å². The van der Waals surface area contributed by atoms with Gasteiger partial charge in [0.15, 0.2) is 5.96 Å². The van der Waals surface area contributed by atoms with Crippen LogP contribution in [-0.4, -0.2) is 25.1 Å². The zero-order chi connectivity index (χ0) is 14.7. The van der Waals surface area contributed by atoms with Crippen molar-refractivity contribution >= 4 is 17.7 Å². The molecule has 1 aromatic rings. The number of nitrogens with zero attached hydrogens (tertiary/aromatic N) is 2. The van der Waals surface area contributed by atoms with Crippen molar-refractivity contribution in [3.05, 3.63) is 29.3 Å². The Morgan fingerprint density at radius 2 is 1.95 bits per heavy atom. The molecule has 0 saturated heterocycles. The van der Waals surface area contributed by atoms with Crippen LogP contribution in [0.25, 0.3) is 0 Å². The number of carbonyl (C=O) groups excluding carboxylic acids is 1. The fraction of sp³-hybridized carbons (Fsp3) is 0.467. The Labute approximate surface area is 119 Å². The lowest BCUT2D eigenvalue weighted by Gasteiger charge is -2.24. The first kappa shape index (κ1) is 14.4. The van der Waals surface area contributed by atoms with Gasteiger partial charge < -0.3 is 5.73 Å². The van der Waals surface area contributed by atoms with Crippen molar-refractivity contribution in [1.29, 1.82) is 0 Å². The summed E-state index contributed by atoms with van der Waals surface area (Å²) >= 11 is 0. The number of para-hydroxylation sites is 1. The van der Waals surface area contributed by atoms with Gasteiger partial charge in [-0.25, -0.2) is 9.79 Å². The van der Waals surface area contributed by atoms with Gasteiger partial charge in [-0.05, 0) is 44.2 Å². The van der Waals surface area contributed by atoms with E-state index in [-0.39, 0.29) is 18.0 Å². The summed E-state index contributed by atoms with van der Waals surface area (Å²) in [6, 6.07) is 5.96. The Hall–Kier alpha value is -2.04. The van der Waals surface area contributed by atoms with Crippen LogP contribution in [0.4, 0.5) is 10.5 Å². The predicted molar refractivity (Wildman–Crippen MR) is 82.1 cm³/mol. The Morgan fingerprint density at radius 3 is 2.45 bits per heavy atom. The van der Waals surface area contributed by atoms with Crippen LogP contribution in [0.1, 0.15) is 30.4 Å². The van der Waals surface area contributed by atoms with Crippen LogP contribution in [0.2, 0.25) is 0 Å². The largest absolute Gasteiger partial charge is 0.370 e. The van der Waals surface area contributed by atoms with Crippen molar-refractivity contribution < 1.29 is 4.79 Å². The maximum absolute atomic E-state index is 12.2. The number of rotatable bonds is 2. The number of guanidine groups is 1. The molecule has 5 heteroatoms. The Morgan fingerprint density at radius 1 is 1.35 bits per heavy atom. The van der Waals surface area contributed by atoms with Gasteiger partial charge in [0.1, 0.15) is 0 Å². The summed E-state index contributed by atoms with van der Waals surface area (Å²) in [6.07, 6.45) is 3.31. The van der Waals surface area contributed by atoms with E-state index < -0.39 is 0 Å². The molecule has 20 heavy (non-hydrogen) atoms. The van der Waals surface area contributed by atoms with E-state index in [0.717, 1.165) is 29.7 Å². The van der Waals surface area contributed by atoms with Crippen LogP contribution in [0.3, 0.4) is 0 Å². The van der Waals surface area contributed by atoms with Crippen LogP contribution in [-0.2, 0) is 0 Å². The second kappa shape index (κ2) is 5.94. The molecule has 2 amide bonds. The van der Waals surface area contributed by atoms with Crippen LogP contribution in [0, 0.1) is 13.8 Å². The number of hydrogen-bond donors (Lipinski definition) is 2. The predicted octanol–water partition coefficient (Wildman–Crippen LogP) is 2.32. The maximum Gasteiger partial charge on any atom is 0.328 e. The summed E-state index contributed by atoms with van der Waals surface area (Å²) in [5, 5.41) is 2.65. The van der Waals surface area contributed by atoms with Gasteiger partial charge in [0.25, 0.3) is 0 Å². The summed E-state index contributed by atoms with van der Waals surface area (Å²) < 4.78 is 0. The average Bonchev–Trinajstić information content (AvgIpc) is 2.33. The molecule has 0 unspecified atom stereocenters. The van der Waals surface area contributed by atoms with E-state index in [2.05, 4.69) is 10.3 Å². The average molecular weight is 274 g/mol. The molecule has 1 aromatic carbocycles. The summed E-state index contributed by atoms with van der Waals surface area (Å²) in [4.78, 5) is 18.1. The SMILES string of the molecule is Cc1cccc(C)c1N(C)C(=O)NC(N)=NC1CCC1. The lowest BCUT2D eigenvalue weighted by atomic mass is 9.94. The molecule has 1 saturated carbocycles. The normalized spacial score (nSPS) is 15.7. The molecule has 1 fully saturated rings. The van der Waals surface area contributed by atoms with Crippen molar-refractivity contribution in [3.63, 3.8) is 0 Å². The quantitative estimate of drug-likeness (QED) is 0.642. The molecule has 0 spiro atoms. The van der Waals surface area contributed by atoms with Gasteiger partial charge in [-0.2, -0.15) is 0 Å². The Kier molecular flexibility index (Phi) is 4.27. The summed E-state index contributed by atoms with van der Waals surface area (Å²) in [6.45, 7) is 3.97. The maximum atomic E-state index is 12.2. The van der Waals surface area contributed by atoms with Crippen LogP contribution >= 0.6 is 0 Å². The topological polar surface area (TPSA) is 70.7 Å². The number of urea groups is 1. The van der Waals surface area contributed by atoms with E-state index in [1.807, 2.05) is 32.0 Å². The highest BCUT2D eigenvalue weighted by atomic mass is 16.2. The standard InChI is InChI=1S/C15H22N4O/c1-10-6-4-7-11(2)13(10)19(3)15(20)18-14(16)17-12-8-5-9-12/h4,6-7,12H,5,8-9H2,1-3H3,(H3,16,17,18,20). The molecule has 0 aliphatic heterocycles. The highest BCUT2D eigenvalue weighted by molar-refractivity contribution is 6.03. The van der Waals surface area contributed by atoms with E-state index in [0.29, 0.717) is 0 Å². The smallest absolute Gasteiger partial charge is 0.328 e. The first-order chi connectivity index (χ1) is 9.49. The minimum absolute atomic E-state index is 0.206. The highest BCUT2D eigenvalue weighted by Gasteiger charge is 2.19. The second-order valence-corrected chi connectivity index (χ2v) is 5.33. The molecule has 0 bridgehead atoms. The van der Waals surface area contributed by atoms with Crippen molar-refractivity contribution in [2.24, 2.45) is 10.7 Å². The van der Waals surface area contributed by atoms with Crippen LogP contribution in [0.15, 0.2) is 23.2 Å². The van der Waals surface area contributed by atoms with Gasteiger partial charge in [-0.3, -0.25) is 10.2 Å². The van der Waals surface area contributed by atoms with Crippen molar-refractivity contribution in [2.75, 3.05) is 11.9 Å². The van der Waals surface area contributed by atoms with Gasteiger partial charge in [0.05, 0.1) is 11.7 Å². The monoisotopic (exact) mass is 274 g/mol. The number of anilines is 1. The van der Waals surface area contributed by atoms with E-state index in [1.165, 1.54) is 6.42 Å². The van der Waals surface area contributed by atoms with Crippen LogP contribution in [0.5, 0.6) is 0 Å². The van der Waals surface area contributed by atoms with Gasteiger partial charge in [0.2, 0.25) is 0 Å². The number of benzene rings is 1. The third-order valence-electron chi connectivity index (χ3n) is 3.71. The third kappa shape index (κ3) is 3.10. The summed E-state index contributed by atoms with van der Waals surface area (Å²) in [5.41, 5.74) is 8.78. The molecule has 2 rings (SSSR count). The minimum atomic E-state index is -0.261. The zero-order valence-corrected chi connectivity index (χ0v) is 12.3. The number of carbonyl (C=O) groups is 1. The number of hydrogen-bond acceptors (Lipinski definition) is 2. The number of aliphatic imine (C=N–C) groups is 1. The fourth-order valence-corrected chi connectivity index (χ4v) is 2.37. The Balaban J connectivity index is 2.06. The highest BCUT2D eigenvalue weighted by Crippen LogP contribution is 2.23. The van der Waals surface area contributed by atoms with Crippen LogP contribution < -0.4 is 16.0 Å². The molecule has 0 radical (unpaired) electrons. The van der Waals surface area contributed by atoms with Gasteiger partial charge >= 0.3 is 6.03 Å². The molecule has 5 nitrogen and oxygen atoms in total. The molecular weight excluding hydrogens is 252 g/mol. The first-order valence-electron chi connectivity index (χ1n) is 6.93. The van der Waals surface area contributed by atoms with Gasteiger partial charge in [-0.15, -0.1) is 0 Å². The molecule has 1 aliphatic rings. The van der Waals surface area contributed by atoms with E-state index >= 15 is 0 Å². The summed E-state index contributed by atoms with van der Waals surface area (Å²) in [7, 11) is 1.74. The van der Waals surface area contributed by atoms with E-state index in [9.17, 15) is 4.79 Å².